The Morgan fingerprint density at radius 3 is 2.73 bits per heavy atom. The van der Waals surface area contributed by atoms with Crippen LogP contribution >= 0.6 is 0 Å². The van der Waals surface area contributed by atoms with E-state index in [2.05, 4.69) is 22.8 Å². The second-order valence-electron chi connectivity index (χ2n) is 4.85. The Morgan fingerprint density at radius 1 is 1.20 bits per heavy atom. The number of rotatable bonds is 7. The van der Waals surface area contributed by atoms with E-state index < -0.39 is 0 Å². The van der Waals surface area contributed by atoms with Gasteiger partial charge in [0, 0.05) is 12.1 Å². The van der Waals surface area contributed by atoms with Crippen molar-refractivity contribution in [1.29, 1.82) is 0 Å². The summed E-state index contributed by atoms with van der Waals surface area (Å²) in [6.07, 6.45) is 9.46. The monoisotopic (exact) mass is 209 g/mol. The summed E-state index contributed by atoms with van der Waals surface area (Å²) >= 11 is 0. The van der Waals surface area contributed by atoms with Crippen LogP contribution in [0.3, 0.4) is 0 Å². The molecule has 3 heteroatoms. The van der Waals surface area contributed by atoms with Gasteiger partial charge in [-0.25, -0.2) is 0 Å². The van der Waals surface area contributed by atoms with Gasteiger partial charge in [0.25, 0.3) is 0 Å². The number of nitrogens with one attached hydrogen (secondary N) is 2. The molecule has 2 rings (SSSR count). The molecule has 0 bridgehead atoms. The lowest BCUT2D eigenvalue weighted by Gasteiger charge is -2.11. The molecular weight excluding hydrogens is 186 g/mol. The lowest BCUT2D eigenvalue weighted by molar-refractivity contribution is 0.527. The highest BCUT2D eigenvalue weighted by atomic mass is 14.9. The summed E-state index contributed by atoms with van der Waals surface area (Å²) in [5.74, 6) is 0.994. The lowest BCUT2D eigenvalue weighted by Crippen LogP contribution is -2.31. The quantitative estimate of drug-likeness (QED) is 0.425. The summed E-state index contributed by atoms with van der Waals surface area (Å²) in [5, 5.41) is 7.01. The first kappa shape index (κ1) is 11.1. The van der Waals surface area contributed by atoms with Crippen molar-refractivity contribution in [3.63, 3.8) is 0 Å². The average molecular weight is 209 g/mol. The van der Waals surface area contributed by atoms with Gasteiger partial charge < -0.3 is 16.4 Å². The van der Waals surface area contributed by atoms with Crippen LogP contribution in [0, 0.1) is 5.92 Å². The van der Waals surface area contributed by atoms with E-state index in [0.717, 1.165) is 25.4 Å². The van der Waals surface area contributed by atoms with Crippen molar-refractivity contribution in [2.75, 3.05) is 19.6 Å². The van der Waals surface area contributed by atoms with Gasteiger partial charge in [-0.15, -0.1) is 0 Å². The molecule has 1 unspecified atom stereocenters. The SMILES string of the molecule is N[C@H]1C=CC(NCCCNCC2CC2)C1. The van der Waals surface area contributed by atoms with Crippen LogP contribution in [-0.4, -0.2) is 31.7 Å². The molecule has 0 spiro atoms. The van der Waals surface area contributed by atoms with Gasteiger partial charge in [-0.2, -0.15) is 0 Å². The van der Waals surface area contributed by atoms with Gasteiger partial charge in [0.05, 0.1) is 0 Å². The van der Waals surface area contributed by atoms with E-state index in [4.69, 9.17) is 5.73 Å². The molecule has 15 heavy (non-hydrogen) atoms. The normalized spacial score (nSPS) is 29.9. The molecule has 2 aliphatic rings. The Balaban J connectivity index is 1.39. The van der Waals surface area contributed by atoms with Gasteiger partial charge in [-0.3, -0.25) is 0 Å². The minimum atomic E-state index is 0.274. The summed E-state index contributed by atoms with van der Waals surface area (Å²) in [6.45, 7) is 3.47. The molecule has 0 amide bonds. The molecule has 86 valence electrons. The number of hydrogen-bond donors (Lipinski definition) is 3. The van der Waals surface area contributed by atoms with Crippen LogP contribution in [0.5, 0.6) is 0 Å². The third kappa shape index (κ3) is 4.33. The summed E-state index contributed by atoms with van der Waals surface area (Å²) in [5.41, 5.74) is 5.78. The van der Waals surface area contributed by atoms with Crippen molar-refractivity contribution in [3.05, 3.63) is 12.2 Å². The van der Waals surface area contributed by atoms with E-state index in [9.17, 15) is 0 Å². The second-order valence-corrected chi connectivity index (χ2v) is 4.85. The maximum Gasteiger partial charge on any atom is 0.0268 e. The van der Waals surface area contributed by atoms with Crippen molar-refractivity contribution in [2.24, 2.45) is 11.7 Å². The van der Waals surface area contributed by atoms with Crippen molar-refractivity contribution in [1.82, 2.24) is 10.6 Å². The zero-order chi connectivity index (χ0) is 10.5. The number of hydrogen-bond acceptors (Lipinski definition) is 3. The predicted octanol–water partition coefficient (Wildman–Crippen LogP) is 0.621. The summed E-state index contributed by atoms with van der Waals surface area (Å²) in [6, 6.07) is 0.791. The fourth-order valence-electron chi connectivity index (χ4n) is 2.01. The Labute approximate surface area is 92.5 Å². The topological polar surface area (TPSA) is 50.1 Å². The molecule has 1 fully saturated rings. The van der Waals surface area contributed by atoms with Crippen molar-refractivity contribution >= 4 is 0 Å². The molecule has 0 radical (unpaired) electrons. The molecule has 4 N–H and O–H groups in total. The van der Waals surface area contributed by atoms with E-state index in [1.165, 1.54) is 25.8 Å². The molecule has 0 aromatic heterocycles. The highest BCUT2D eigenvalue weighted by Crippen LogP contribution is 2.27. The van der Waals surface area contributed by atoms with E-state index in [-0.39, 0.29) is 6.04 Å². The van der Waals surface area contributed by atoms with Crippen LogP contribution in [0.1, 0.15) is 25.7 Å². The maximum absolute atomic E-state index is 5.78. The standard InChI is InChI=1S/C12H23N3/c13-11-4-5-12(8-11)15-7-1-6-14-9-10-2-3-10/h4-5,10-12,14-15H,1-3,6-9,13H2/t11-,12?/m0/s1. The minimum absolute atomic E-state index is 0.274. The lowest BCUT2D eigenvalue weighted by atomic mass is 10.2. The fourth-order valence-corrected chi connectivity index (χ4v) is 2.01. The highest BCUT2D eigenvalue weighted by molar-refractivity contribution is 5.08. The molecule has 2 aliphatic carbocycles. The molecule has 3 nitrogen and oxygen atoms in total. The third-order valence-corrected chi connectivity index (χ3v) is 3.18. The van der Waals surface area contributed by atoms with Crippen LogP contribution in [-0.2, 0) is 0 Å². The molecule has 0 aromatic rings. The molecule has 0 heterocycles. The summed E-state index contributed by atoms with van der Waals surface area (Å²) in [4.78, 5) is 0. The van der Waals surface area contributed by atoms with Gasteiger partial charge in [0.15, 0.2) is 0 Å². The van der Waals surface area contributed by atoms with Crippen LogP contribution < -0.4 is 16.4 Å². The highest BCUT2D eigenvalue weighted by Gasteiger charge is 2.19. The Morgan fingerprint density at radius 2 is 2.07 bits per heavy atom. The summed E-state index contributed by atoms with van der Waals surface area (Å²) in [7, 11) is 0. The van der Waals surface area contributed by atoms with Crippen molar-refractivity contribution in [2.45, 2.75) is 37.8 Å². The molecule has 1 saturated carbocycles. The first-order valence-electron chi connectivity index (χ1n) is 6.22. The van der Waals surface area contributed by atoms with Crippen LogP contribution in [0.2, 0.25) is 0 Å². The zero-order valence-corrected chi connectivity index (χ0v) is 9.41. The smallest absolute Gasteiger partial charge is 0.0268 e. The summed E-state index contributed by atoms with van der Waals surface area (Å²) < 4.78 is 0. The van der Waals surface area contributed by atoms with E-state index in [1.807, 2.05) is 0 Å². The molecule has 2 atom stereocenters. The van der Waals surface area contributed by atoms with Crippen molar-refractivity contribution < 1.29 is 0 Å². The van der Waals surface area contributed by atoms with E-state index in [0.29, 0.717) is 6.04 Å². The van der Waals surface area contributed by atoms with Crippen LogP contribution in [0.4, 0.5) is 0 Å². The van der Waals surface area contributed by atoms with Gasteiger partial charge in [0.2, 0.25) is 0 Å². The predicted molar refractivity (Wildman–Crippen MR) is 63.7 cm³/mol. The molecular formula is C12H23N3. The number of nitrogens with two attached hydrogens (primary N) is 1. The molecule has 0 saturated heterocycles. The molecule has 0 aliphatic heterocycles. The van der Waals surface area contributed by atoms with Crippen molar-refractivity contribution in [3.8, 4) is 0 Å². The Kier molecular flexibility index (Phi) is 4.18. The zero-order valence-electron chi connectivity index (χ0n) is 9.41. The average Bonchev–Trinajstić information content (AvgIpc) is 2.95. The first-order valence-corrected chi connectivity index (χ1v) is 6.22. The third-order valence-electron chi connectivity index (χ3n) is 3.18. The van der Waals surface area contributed by atoms with Crippen LogP contribution in [0.15, 0.2) is 12.2 Å². The van der Waals surface area contributed by atoms with Gasteiger partial charge in [-0.1, -0.05) is 12.2 Å². The van der Waals surface area contributed by atoms with E-state index >= 15 is 0 Å². The van der Waals surface area contributed by atoms with Gasteiger partial charge >= 0.3 is 0 Å². The molecule has 0 aromatic carbocycles. The van der Waals surface area contributed by atoms with Gasteiger partial charge in [0.1, 0.15) is 0 Å². The maximum atomic E-state index is 5.78. The van der Waals surface area contributed by atoms with Gasteiger partial charge in [-0.05, 0) is 51.2 Å². The van der Waals surface area contributed by atoms with Crippen LogP contribution in [0.25, 0.3) is 0 Å². The Hall–Kier alpha value is -0.380. The largest absolute Gasteiger partial charge is 0.324 e. The van der Waals surface area contributed by atoms with E-state index in [1.54, 1.807) is 0 Å². The fraction of sp³-hybridized carbons (Fsp3) is 0.833. The Bertz CT molecular complexity index is 211. The minimum Gasteiger partial charge on any atom is -0.324 e. The first-order chi connectivity index (χ1) is 7.34. The second kappa shape index (κ2) is 5.64.